The van der Waals surface area contributed by atoms with Crippen LogP contribution < -0.4 is 11.1 Å². The van der Waals surface area contributed by atoms with E-state index in [4.69, 9.17) is 11.0 Å². The Hall–Kier alpha value is -1.28. The van der Waals surface area contributed by atoms with Gasteiger partial charge in [0.2, 0.25) is 0 Å². The summed E-state index contributed by atoms with van der Waals surface area (Å²) in [6.45, 7) is 0.918. The zero-order valence-corrected chi connectivity index (χ0v) is 8.60. The van der Waals surface area contributed by atoms with E-state index in [1.807, 2.05) is 0 Å². The second-order valence-electron chi connectivity index (χ2n) is 3.54. The fourth-order valence-corrected chi connectivity index (χ4v) is 2.02. The van der Waals surface area contributed by atoms with Crippen molar-refractivity contribution >= 4 is 22.4 Å². The predicted molar refractivity (Wildman–Crippen MR) is 57.1 cm³/mol. The highest BCUT2D eigenvalue weighted by molar-refractivity contribution is 7.10. The summed E-state index contributed by atoms with van der Waals surface area (Å²) in [7, 11) is 0. The van der Waals surface area contributed by atoms with Crippen molar-refractivity contribution in [2.24, 2.45) is 5.92 Å². The summed E-state index contributed by atoms with van der Waals surface area (Å²) in [5, 5.41) is 12.8. The Balaban J connectivity index is 1.91. The van der Waals surface area contributed by atoms with Crippen LogP contribution >= 0.6 is 11.5 Å². The lowest BCUT2D eigenvalue weighted by Crippen LogP contribution is -2.02. The number of nitrogens with two attached hydrogens (primary N) is 1. The molecule has 1 fully saturated rings. The summed E-state index contributed by atoms with van der Waals surface area (Å²) in [6.07, 6.45) is 3.90. The van der Waals surface area contributed by atoms with E-state index in [9.17, 15) is 0 Å². The SMILES string of the molecule is N#Cc1c(N)nsc1NCCC1CC1. The summed E-state index contributed by atoms with van der Waals surface area (Å²) in [5.41, 5.74) is 6.02. The van der Waals surface area contributed by atoms with E-state index in [0.29, 0.717) is 11.4 Å². The van der Waals surface area contributed by atoms with E-state index in [0.717, 1.165) is 17.5 Å². The lowest BCUT2D eigenvalue weighted by Gasteiger charge is -2.01. The molecule has 1 aliphatic carbocycles. The molecule has 0 bridgehead atoms. The van der Waals surface area contributed by atoms with Crippen molar-refractivity contribution in [3.8, 4) is 6.07 Å². The molecule has 3 N–H and O–H groups in total. The summed E-state index contributed by atoms with van der Waals surface area (Å²) in [6, 6.07) is 2.06. The van der Waals surface area contributed by atoms with Gasteiger partial charge in [0, 0.05) is 6.54 Å². The third kappa shape index (κ3) is 1.96. The lowest BCUT2D eigenvalue weighted by atomic mass is 10.3. The van der Waals surface area contributed by atoms with Crippen molar-refractivity contribution < 1.29 is 0 Å². The summed E-state index contributed by atoms with van der Waals surface area (Å²) < 4.78 is 3.94. The highest BCUT2D eigenvalue weighted by Gasteiger charge is 2.20. The van der Waals surface area contributed by atoms with Gasteiger partial charge in [-0.05, 0) is 23.9 Å². The van der Waals surface area contributed by atoms with Crippen molar-refractivity contribution in [3.63, 3.8) is 0 Å². The molecule has 14 heavy (non-hydrogen) atoms. The van der Waals surface area contributed by atoms with Crippen LogP contribution in [0.15, 0.2) is 0 Å². The molecule has 1 aromatic heterocycles. The van der Waals surface area contributed by atoms with Crippen LogP contribution in [0.2, 0.25) is 0 Å². The Morgan fingerprint density at radius 3 is 3.07 bits per heavy atom. The zero-order valence-electron chi connectivity index (χ0n) is 7.79. The van der Waals surface area contributed by atoms with Crippen molar-refractivity contribution in [2.75, 3.05) is 17.6 Å². The quantitative estimate of drug-likeness (QED) is 0.791. The average molecular weight is 208 g/mol. The molecule has 0 aromatic carbocycles. The van der Waals surface area contributed by atoms with Gasteiger partial charge >= 0.3 is 0 Å². The number of hydrogen-bond acceptors (Lipinski definition) is 5. The molecule has 0 radical (unpaired) electrons. The first-order valence-corrected chi connectivity index (χ1v) is 5.47. The maximum atomic E-state index is 8.81. The summed E-state index contributed by atoms with van der Waals surface area (Å²) >= 11 is 1.26. The largest absolute Gasteiger partial charge is 0.382 e. The monoisotopic (exact) mass is 208 g/mol. The van der Waals surface area contributed by atoms with Crippen LogP contribution in [0.4, 0.5) is 10.8 Å². The van der Waals surface area contributed by atoms with Gasteiger partial charge in [-0.1, -0.05) is 12.8 Å². The zero-order chi connectivity index (χ0) is 9.97. The van der Waals surface area contributed by atoms with Crippen LogP contribution in [0.3, 0.4) is 0 Å². The normalized spacial score (nSPS) is 15.1. The highest BCUT2D eigenvalue weighted by Crippen LogP contribution is 2.32. The maximum absolute atomic E-state index is 8.81. The molecule has 0 unspecified atom stereocenters. The third-order valence-corrected chi connectivity index (χ3v) is 3.18. The van der Waals surface area contributed by atoms with E-state index in [-0.39, 0.29) is 0 Å². The Morgan fingerprint density at radius 2 is 2.43 bits per heavy atom. The van der Waals surface area contributed by atoms with E-state index in [2.05, 4.69) is 15.8 Å². The molecular weight excluding hydrogens is 196 g/mol. The molecule has 0 amide bonds. The van der Waals surface area contributed by atoms with Crippen molar-refractivity contribution in [3.05, 3.63) is 5.56 Å². The van der Waals surface area contributed by atoms with Gasteiger partial charge < -0.3 is 11.1 Å². The molecule has 5 heteroatoms. The van der Waals surface area contributed by atoms with Gasteiger partial charge in [-0.2, -0.15) is 9.64 Å². The molecular formula is C9H12N4S. The van der Waals surface area contributed by atoms with E-state index < -0.39 is 0 Å². The minimum Gasteiger partial charge on any atom is -0.382 e. The standard InChI is InChI=1S/C9H12N4S/c10-5-7-8(11)13-14-9(7)12-4-3-6-1-2-6/h6,12H,1-4H2,(H2,11,13). The number of nitrogens with one attached hydrogen (secondary N) is 1. The van der Waals surface area contributed by atoms with Gasteiger partial charge in [-0.3, -0.25) is 0 Å². The average Bonchev–Trinajstić information content (AvgIpc) is 2.92. The number of nitriles is 1. The fraction of sp³-hybridized carbons (Fsp3) is 0.556. The van der Waals surface area contributed by atoms with Gasteiger partial charge in [0.15, 0.2) is 5.82 Å². The first kappa shape index (κ1) is 9.28. The number of hydrogen-bond donors (Lipinski definition) is 2. The first-order valence-electron chi connectivity index (χ1n) is 4.70. The Kier molecular flexibility index (Phi) is 2.55. The second-order valence-corrected chi connectivity index (χ2v) is 4.32. The molecule has 74 valence electrons. The van der Waals surface area contributed by atoms with Crippen LogP contribution in [-0.4, -0.2) is 10.9 Å². The number of nitrogens with zero attached hydrogens (tertiary/aromatic N) is 2. The summed E-state index contributed by atoms with van der Waals surface area (Å²) in [5.74, 6) is 1.24. The summed E-state index contributed by atoms with van der Waals surface area (Å²) in [4.78, 5) is 0. The van der Waals surface area contributed by atoms with Crippen molar-refractivity contribution in [1.82, 2.24) is 4.37 Å². The Bertz CT molecular complexity index is 361. The molecule has 1 heterocycles. The third-order valence-electron chi connectivity index (χ3n) is 2.37. The van der Waals surface area contributed by atoms with Gasteiger partial charge in [-0.25, -0.2) is 0 Å². The van der Waals surface area contributed by atoms with Crippen LogP contribution in [0.1, 0.15) is 24.8 Å². The van der Waals surface area contributed by atoms with Gasteiger partial charge in [-0.15, -0.1) is 0 Å². The molecule has 0 aliphatic heterocycles. The van der Waals surface area contributed by atoms with Crippen LogP contribution in [-0.2, 0) is 0 Å². The van der Waals surface area contributed by atoms with Crippen molar-refractivity contribution in [2.45, 2.75) is 19.3 Å². The number of anilines is 2. The van der Waals surface area contributed by atoms with Crippen molar-refractivity contribution in [1.29, 1.82) is 5.26 Å². The molecule has 1 saturated carbocycles. The second kappa shape index (κ2) is 3.84. The smallest absolute Gasteiger partial charge is 0.157 e. The Morgan fingerprint density at radius 1 is 1.64 bits per heavy atom. The van der Waals surface area contributed by atoms with Gasteiger partial charge in [0.05, 0.1) is 0 Å². The molecule has 0 spiro atoms. The molecule has 2 rings (SSSR count). The van der Waals surface area contributed by atoms with Crippen LogP contribution in [0.5, 0.6) is 0 Å². The molecule has 0 saturated heterocycles. The van der Waals surface area contributed by atoms with Crippen LogP contribution in [0, 0.1) is 17.2 Å². The minimum absolute atomic E-state index is 0.339. The van der Waals surface area contributed by atoms with Gasteiger partial charge in [0.1, 0.15) is 16.6 Å². The number of rotatable bonds is 4. The topological polar surface area (TPSA) is 74.7 Å². The fourth-order valence-electron chi connectivity index (χ4n) is 1.33. The lowest BCUT2D eigenvalue weighted by molar-refractivity contribution is 0.761. The first-order chi connectivity index (χ1) is 6.81. The van der Waals surface area contributed by atoms with E-state index in [1.165, 1.54) is 30.8 Å². The Labute approximate surface area is 86.9 Å². The molecule has 4 nitrogen and oxygen atoms in total. The molecule has 1 aliphatic rings. The van der Waals surface area contributed by atoms with E-state index in [1.54, 1.807) is 0 Å². The molecule has 0 atom stereocenters. The minimum atomic E-state index is 0.339. The number of aromatic nitrogens is 1. The number of nitrogen functional groups attached to an aromatic ring is 1. The maximum Gasteiger partial charge on any atom is 0.157 e. The van der Waals surface area contributed by atoms with Gasteiger partial charge in [0.25, 0.3) is 0 Å². The van der Waals surface area contributed by atoms with E-state index >= 15 is 0 Å². The van der Waals surface area contributed by atoms with Crippen LogP contribution in [0.25, 0.3) is 0 Å². The predicted octanol–water partition coefficient (Wildman–Crippen LogP) is 1.81. The highest BCUT2D eigenvalue weighted by atomic mass is 32.1. The molecule has 1 aromatic rings.